The highest BCUT2D eigenvalue weighted by Crippen LogP contribution is 2.35. The maximum Gasteiger partial charge on any atom is 0.295 e. The molecule has 0 saturated heterocycles. The average Bonchev–Trinajstić information content (AvgIpc) is 2.46. The molecule has 0 aliphatic rings. The van der Waals surface area contributed by atoms with E-state index in [0.717, 1.165) is 24.3 Å². The van der Waals surface area contributed by atoms with Crippen LogP contribution < -0.4 is 0 Å². The summed E-state index contributed by atoms with van der Waals surface area (Å²) in [5, 5.41) is 31.3. The van der Waals surface area contributed by atoms with Crippen molar-refractivity contribution in [1.29, 1.82) is 0 Å². The summed E-state index contributed by atoms with van der Waals surface area (Å²) < 4.78 is 24.9. The Morgan fingerprint density at radius 3 is 2.09 bits per heavy atom. The van der Waals surface area contributed by atoms with Crippen LogP contribution >= 0.6 is 0 Å². The van der Waals surface area contributed by atoms with Gasteiger partial charge in [-0.1, -0.05) is 12.1 Å². The van der Waals surface area contributed by atoms with Crippen LogP contribution in [0, 0.1) is 20.2 Å². The molecule has 0 heterocycles. The summed E-state index contributed by atoms with van der Waals surface area (Å²) in [6.45, 7) is 0. The Labute approximate surface area is 123 Å². The Morgan fingerprint density at radius 2 is 1.55 bits per heavy atom. The molecule has 1 N–H and O–H groups in total. The lowest BCUT2D eigenvalue weighted by Gasteiger charge is -2.07. The predicted molar refractivity (Wildman–Crippen MR) is 73.3 cm³/mol. The third kappa shape index (κ3) is 2.59. The number of phenolic OH excluding ortho intramolecular Hbond substituents is 1. The minimum absolute atomic E-state index is 0.521. The third-order valence-electron chi connectivity index (χ3n) is 2.79. The van der Waals surface area contributed by atoms with Crippen LogP contribution in [0.2, 0.25) is 0 Å². The second kappa shape index (κ2) is 5.41. The number of hydrogen-bond acceptors (Lipinski definition) is 7. The molecular weight excluding hydrogens is 316 g/mol. The van der Waals surface area contributed by atoms with Crippen molar-refractivity contribution in [2.75, 3.05) is 0 Å². The Bertz CT molecular complexity index is 877. The zero-order chi connectivity index (χ0) is 16.5. The first-order valence-corrected chi connectivity index (χ1v) is 7.19. The van der Waals surface area contributed by atoms with Gasteiger partial charge in [0, 0.05) is 6.07 Å². The van der Waals surface area contributed by atoms with Gasteiger partial charge in [0.25, 0.3) is 11.4 Å². The minimum Gasteiger partial charge on any atom is -0.507 e. The Hall–Kier alpha value is -3.01. The number of hydrogen-bond donors (Lipinski definition) is 1. The van der Waals surface area contributed by atoms with Gasteiger partial charge >= 0.3 is 0 Å². The highest BCUT2D eigenvalue weighted by Gasteiger charge is 2.31. The number of nitro benzene ring substituents is 2. The third-order valence-corrected chi connectivity index (χ3v) is 4.64. The van der Waals surface area contributed by atoms with Crippen molar-refractivity contribution in [2.45, 2.75) is 9.79 Å². The summed E-state index contributed by atoms with van der Waals surface area (Å²) in [6.07, 6.45) is 0. The van der Waals surface area contributed by atoms with Crippen molar-refractivity contribution in [1.82, 2.24) is 0 Å². The molecule has 0 aliphatic carbocycles. The summed E-state index contributed by atoms with van der Waals surface area (Å²) in [7, 11) is -4.40. The quantitative estimate of drug-likeness (QED) is 0.670. The van der Waals surface area contributed by atoms with Gasteiger partial charge < -0.3 is 5.11 Å². The molecule has 0 aromatic heterocycles. The number of non-ortho nitro benzene ring substituents is 1. The van der Waals surface area contributed by atoms with E-state index >= 15 is 0 Å². The SMILES string of the molecule is O=[N+]([O-])c1ccc(S(=O)(=O)c2ccccc2O)c([N+](=O)[O-])c1. The normalized spacial score (nSPS) is 11.1. The van der Waals surface area contributed by atoms with Crippen LogP contribution in [0.25, 0.3) is 0 Å². The van der Waals surface area contributed by atoms with Crippen molar-refractivity contribution >= 4 is 21.2 Å². The number of nitrogens with zero attached hydrogens (tertiary/aromatic N) is 2. The van der Waals surface area contributed by atoms with Crippen LogP contribution in [0.4, 0.5) is 11.4 Å². The largest absolute Gasteiger partial charge is 0.507 e. The number of phenols is 1. The van der Waals surface area contributed by atoms with E-state index in [-0.39, 0.29) is 0 Å². The fraction of sp³-hybridized carbons (Fsp3) is 0. The molecule has 0 radical (unpaired) electrons. The number of para-hydroxylation sites is 1. The second-order valence-corrected chi connectivity index (χ2v) is 6.02. The van der Waals surface area contributed by atoms with Gasteiger partial charge in [0.05, 0.1) is 15.9 Å². The summed E-state index contributed by atoms with van der Waals surface area (Å²) in [5.74, 6) is -0.574. The fourth-order valence-electron chi connectivity index (χ4n) is 1.79. The summed E-state index contributed by atoms with van der Waals surface area (Å²) in [6, 6.07) is 7.10. The Kier molecular flexibility index (Phi) is 3.78. The van der Waals surface area contributed by atoms with Crippen LogP contribution in [0.3, 0.4) is 0 Å². The zero-order valence-electron chi connectivity index (χ0n) is 10.7. The Balaban J connectivity index is 2.74. The van der Waals surface area contributed by atoms with Gasteiger partial charge in [-0.05, 0) is 18.2 Å². The lowest BCUT2D eigenvalue weighted by Crippen LogP contribution is -2.06. The lowest BCUT2D eigenvalue weighted by atomic mass is 10.3. The van der Waals surface area contributed by atoms with E-state index in [1.165, 1.54) is 12.1 Å². The molecule has 0 fully saturated rings. The molecule has 0 amide bonds. The maximum atomic E-state index is 12.4. The van der Waals surface area contributed by atoms with Gasteiger partial charge in [-0.25, -0.2) is 8.42 Å². The smallest absolute Gasteiger partial charge is 0.295 e. The van der Waals surface area contributed by atoms with Gasteiger partial charge in [0.1, 0.15) is 15.5 Å². The van der Waals surface area contributed by atoms with E-state index in [1.807, 2.05) is 0 Å². The maximum absolute atomic E-state index is 12.4. The highest BCUT2D eigenvalue weighted by atomic mass is 32.2. The van der Waals surface area contributed by atoms with Crippen LogP contribution in [-0.2, 0) is 9.84 Å². The van der Waals surface area contributed by atoms with Crippen molar-refractivity contribution in [3.8, 4) is 5.75 Å². The molecule has 0 unspecified atom stereocenters. The molecule has 2 aromatic rings. The van der Waals surface area contributed by atoms with Crippen molar-refractivity contribution in [2.24, 2.45) is 0 Å². The molecular formula is C12H8N2O7S. The monoisotopic (exact) mass is 324 g/mol. The second-order valence-electron chi connectivity index (χ2n) is 4.14. The van der Waals surface area contributed by atoms with Gasteiger partial charge in [-0.3, -0.25) is 20.2 Å². The van der Waals surface area contributed by atoms with Crippen LogP contribution in [0.15, 0.2) is 52.3 Å². The van der Waals surface area contributed by atoms with Gasteiger partial charge in [-0.15, -0.1) is 0 Å². The number of nitro groups is 2. The van der Waals surface area contributed by atoms with Crippen molar-refractivity contribution in [3.63, 3.8) is 0 Å². The molecule has 0 saturated carbocycles. The first-order chi connectivity index (χ1) is 10.2. The number of benzene rings is 2. The number of sulfone groups is 1. The molecule has 2 aromatic carbocycles. The van der Waals surface area contributed by atoms with Gasteiger partial charge in [0.2, 0.25) is 9.84 Å². The molecule has 2 rings (SSSR count). The molecule has 10 heteroatoms. The van der Waals surface area contributed by atoms with Crippen LogP contribution in [0.5, 0.6) is 5.75 Å². The van der Waals surface area contributed by atoms with Crippen LogP contribution in [-0.4, -0.2) is 23.4 Å². The first kappa shape index (κ1) is 15.4. The van der Waals surface area contributed by atoms with Gasteiger partial charge in [-0.2, -0.15) is 0 Å². The highest BCUT2D eigenvalue weighted by molar-refractivity contribution is 7.91. The van der Waals surface area contributed by atoms with Gasteiger partial charge in [0.15, 0.2) is 0 Å². The standard InChI is InChI=1S/C12H8N2O7S/c15-10-3-1-2-4-12(10)22(20,21)11-6-5-8(13(16)17)7-9(11)14(18)19/h1-7,15H. The van der Waals surface area contributed by atoms with E-state index in [0.29, 0.717) is 6.07 Å². The number of aromatic hydroxyl groups is 1. The molecule has 0 bridgehead atoms. The summed E-state index contributed by atoms with van der Waals surface area (Å²) in [5.41, 5.74) is -1.54. The molecule has 0 aliphatic heterocycles. The topological polar surface area (TPSA) is 141 Å². The number of rotatable bonds is 4. The molecule has 0 atom stereocenters. The van der Waals surface area contributed by atoms with E-state index in [1.54, 1.807) is 0 Å². The van der Waals surface area contributed by atoms with Crippen molar-refractivity contribution < 1.29 is 23.4 Å². The average molecular weight is 324 g/mol. The minimum atomic E-state index is -4.40. The summed E-state index contributed by atoms with van der Waals surface area (Å²) >= 11 is 0. The zero-order valence-corrected chi connectivity index (χ0v) is 11.6. The van der Waals surface area contributed by atoms with Crippen LogP contribution in [0.1, 0.15) is 0 Å². The predicted octanol–water partition coefficient (Wildman–Crippen LogP) is 2.04. The van der Waals surface area contributed by atoms with E-state index in [9.17, 15) is 33.8 Å². The van der Waals surface area contributed by atoms with E-state index < -0.39 is 46.6 Å². The Morgan fingerprint density at radius 1 is 0.909 bits per heavy atom. The first-order valence-electron chi connectivity index (χ1n) is 5.71. The van der Waals surface area contributed by atoms with E-state index in [2.05, 4.69) is 0 Å². The molecule has 114 valence electrons. The van der Waals surface area contributed by atoms with E-state index in [4.69, 9.17) is 0 Å². The van der Waals surface area contributed by atoms with Crippen molar-refractivity contribution in [3.05, 3.63) is 62.7 Å². The summed E-state index contributed by atoms with van der Waals surface area (Å²) in [4.78, 5) is 18.5. The fourth-order valence-corrected chi connectivity index (χ4v) is 3.29. The molecule has 22 heavy (non-hydrogen) atoms. The lowest BCUT2D eigenvalue weighted by molar-refractivity contribution is -0.396. The molecule has 9 nitrogen and oxygen atoms in total. The molecule has 0 spiro atoms.